The van der Waals surface area contributed by atoms with Gasteiger partial charge in [0.15, 0.2) is 4.32 Å². The second-order valence-corrected chi connectivity index (χ2v) is 7.42. The van der Waals surface area contributed by atoms with E-state index in [4.69, 9.17) is 12.2 Å². The zero-order chi connectivity index (χ0) is 16.4. The van der Waals surface area contributed by atoms with Crippen molar-refractivity contribution in [3.05, 3.63) is 62.7 Å². The summed E-state index contributed by atoms with van der Waals surface area (Å²) in [6, 6.07) is 10.7. The second-order valence-electron chi connectivity index (χ2n) is 4.79. The summed E-state index contributed by atoms with van der Waals surface area (Å²) in [7, 11) is 0. The highest BCUT2D eigenvalue weighted by atomic mass is 32.2. The van der Waals surface area contributed by atoms with Crippen LogP contribution >= 0.6 is 35.3 Å². The van der Waals surface area contributed by atoms with E-state index in [0.717, 1.165) is 15.4 Å². The van der Waals surface area contributed by atoms with Crippen LogP contribution in [0.4, 0.5) is 0 Å². The normalized spacial score (nSPS) is 16.2. The standard InChI is InChI=1S/C16H12N2O2S3/c1-10-7-8-22-12(10)9-13-15(20)18(16(21)23-13)17-14(19)11-5-3-2-4-6-11/h2-9H,1H3,(H,17,19)/b13-9+. The number of thiophene rings is 1. The first-order valence-corrected chi connectivity index (χ1v) is 8.85. The van der Waals surface area contributed by atoms with Gasteiger partial charge in [-0.2, -0.15) is 5.01 Å². The Labute approximate surface area is 147 Å². The summed E-state index contributed by atoms with van der Waals surface area (Å²) < 4.78 is 0.319. The maximum atomic E-state index is 12.5. The van der Waals surface area contributed by atoms with Crippen molar-refractivity contribution >= 4 is 57.5 Å². The monoisotopic (exact) mass is 360 g/mol. The third-order valence-corrected chi connectivity index (χ3v) is 5.48. The Morgan fingerprint density at radius 1 is 1.26 bits per heavy atom. The van der Waals surface area contributed by atoms with Crippen LogP contribution in [0.1, 0.15) is 20.8 Å². The van der Waals surface area contributed by atoms with Gasteiger partial charge in [0.2, 0.25) is 0 Å². The first-order chi connectivity index (χ1) is 11.1. The van der Waals surface area contributed by atoms with E-state index in [9.17, 15) is 9.59 Å². The van der Waals surface area contributed by atoms with E-state index in [0.29, 0.717) is 14.8 Å². The molecule has 1 aromatic carbocycles. The van der Waals surface area contributed by atoms with Gasteiger partial charge in [-0.25, -0.2) is 0 Å². The lowest BCUT2D eigenvalue weighted by Crippen LogP contribution is -2.44. The van der Waals surface area contributed by atoms with E-state index in [1.807, 2.05) is 30.5 Å². The molecule has 2 aromatic rings. The van der Waals surface area contributed by atoms with Gasteiger partial charge < -0.3 is 0 Å². The van der Waals surface area contributed by atoms with Crippen molar-refractivity contribution in [2.24, 2.45) is 0 Å². The molecule has 1 fully saturated rings. The third-order valence-electron chi connectivity index (χ3n) is 3.21. The summed E-state index contributed by atoms with van der Waals surface area (Å²) >= 11 is 7.95. The Morgan fingerprint density at radius 2 is 2.00 bits per heavy atom. The molecule has 0 unspecified atom stereocenters. The number of thioether (sulfide) groups is 1. The molecule has 0 aliphatic carbocycles. The molecule has 1 saturated heterocycles. The molecule has 1 aliphatic rings. The van der Waals surface area contributed by atoms with Crippen LogP contribution in [0.5, 0.6) is 0 Å². The van der Waals surface area contributed by atoms with Crippen LogP contribution in [0.15, 0.2) is 46.7 Å². The highest BCUT2D eigenvalue weighted by Crippen LogP contribution is 2.33. The summed E-state index contributed by atoms with van der Waals surface area (Å²) in [6.45, 7) is 1.99. The zero-order valence-corrected chi connectivity index (χ0v) is 14.6. The van der Waals surface area contributed by atoms with Crippen molar-refractivity contribution in [1.82, 2.24) is 10.4 Å². The lowest BCUT2D eigenvalue weighted by molar-refractivity contribution is -0.123. The predicted molar refractivity (Wildman–Crippen MR) is 98.0 cm³/mol. The number of amides is 2. The lowest BCUT2D eigenvalue weighted by Gasteiger charge is -2.15. The molecule has 3 rings (SSSR count). The summed E-state index contributed by atoms with van der Waals surface area (Å²) in [5, 5.41) is 3.10. The van der Waals surface area contributed by atoms with Gasteiger partial charge >= 0.3 is 0 Å². The maximum Gasteiger partial charge on any atom is 0.285 e. The van der Waals surface area contributed by atoms with Gasteiger partial charge in [-0.05, 0) is 54.4 Å². The summed E-state index contributed by atoms with van der Waals surface area (Å²) in [4.78, 5) is 26.2. The van der Waals surface area contributed by atoms with Gasteiger partial charge in [0.05, 0.1) is 4.91 Å². The van der Waals surface area contributed by atoms with Crippen LogP contribution < -0.4 is 5.43 Å². The van der Waals surface area contributed by atoms with Crippen molar-refractivity contribution in [1.29, 1.82) is 0 Å². The number of nitrogens with zero attached hydrogens (tertiary/aromatic N) is 1. The summed E-state index contributed by atoms with van der Waals surface area (Å²) in [5.74, 6) is -0.674. The molecule has 4 nitrogen and oxygen atoms in total. The fourth-order valence-corrected chi connectivity index (χ4v) is 4.07. The summed E-state index contributed by atoms with van der Waals surface area (Å²) in [6.07, 6.45) is 1.81. The minimum absolute atomic E-state index is 0.308. The maximum absolute atomic E-state index is 12.5. The second kappa shape index (κ2) is 6.66. The number of benzene rings is 1. The molecule has 0 spiro atoms. The quantitative estimate of drug-likeness (QED) is 0.671. The topological polar surface area (TPSA) is 49.4 Å². The largest absolute Gasteiger partial charge is 0.285 e. The van der Waals surface area contributed by atoms with Crippen LogP contribution in [0.2, 0.25) is 0 Å². The van der Waals surface area contributed by atoms with Crippen molar-refractivity contribution < 1.29 is 9.59 Å². The number of aryl methyl sites for hydroxylation is 1. The molecule has 2 amide bonds. The molecule has 0 atom stereocenters. The van der Waals surface area contributed by atoms with E-state index in [2.05, 4.69) is 5.43 Å². The number of nitrogens with one attached hydrogen (secondary N) is 1. The molecule has 0 saturated carbocycles. The van der Waals surface area contributed by atoms with Crippen LogP contribution in [0, 0.1) is 6.92 Å². The Kier molecular flexibility index (Phi) is 4.61. The predicted octanol–water partition coefficient (Wildman–Crippen LogP) is 3.60. The molecule has 0 radical (unpaired) electrons. The molecule has 2 heterocycles. The van der Waals surface area contributed by atoms with Crippen molar-refractivity contribution in [2.75, 3.05) is 0 Å². The smallest absolute Gasteiger partial charge is 0.267 e. The van der Waals surface area contributed by atoms with E-state index in [1.165, 1.54) is 11.8 Å². The minimum atomic E-state index is -0.365. The van der Waals surface area contributed by atoms with Gasteiger partial charge in [0, 0.05) is 10.4 Å². The molecule has 1 N–H and O–H groups in total. The van der Waals surface area contributed by atoms with Gasteiger partial charge in [-0.15, -0.1) is 11.3 Å². The number of thiocarbonyl (C=S) groups is 1. The van der Waals surface area contributed by atoms with Gasteiger partial charge in [-0.3, -0.25) is 15.0 Å². The van der Waals surface area contributed by atoms with E-state index in [-0.39, 0.29) is 11.8 Å². The molecule has 0 bridgehead atoms. The van der Waals surface area contributed by atoms with Gasteiger partial charge in [0.25, 0.3) is 11.8 Å². The number of hydrogen-bond acceptors (Lipinski definition) is 5. The fourth-order valence-electron chi connectivity index (χ4n) is 1.97. The molecule has 1 aliphatic heterocycles. The van der Waals surface area contributed by atoms with Crippen LogP contribution in [-0.2, 0) is 4.79 Å². The molecule has 1 aromatic heterocycles. The van der Waals surface area contributed by atoms with Crippen LogP contribution in [-0.4, -0.2) is 21.1 Å². The highest BCUT2D eigenvalue weighted by molar-refractivity contribution is 8.26. The van der Waals surface area contributed by atoms with Crippen molar-refractivity contribution in [3.63, 3.8) is 0 Å². The minimum Gasteiger partial charge on any atom is -0.267 e. The van der Waals surface area contributed by atoms with E-state index < -0.39 is 0 Å². The highest BCUT2D eigenvalue weighted by Gasteiger charge is 2.33. The van der Waals surface area contributed by atoms with Gasteiger partial charge in [0.1, 0.15) is 0 Å². The van der Waals surface area contributed by atoms with Crippen molar-refractivity contribution in [3.8, 4) is 0 Å². The van der Waals surface area contributed by atoms with Crippen molar-refractivity contribution in [2.45, 2.75) is 6.92 Å². The lowest BCUT2D eigenvalue weighted by atomic mass is 10.2. The Hall–Kier alpha value is -1.96. The summed E-state index contributed by atoms with van der Waals surface area (Å²) in [5.41, 5.74) is 4.14. The Balaban J connectivity index is 1.78. The molecule has 116 valence electrons. The number of carbonyl (C=O) groups is 2. The molecular weight excluding hydrogens is 348 g/mol. The first-order valence-electron chi connectivity index (χ1n) is 6.74. The molecule has 7 heteroatoms. The van der Waals surface area contributed by atoms with Gasteiger partial charge in [-0.1, -0.05) is 30.0 Å². The average molecular weight is 360 g/mol. The number of hydrogen-bond donors (Lipinski definition) is 1. The SMILES string of the molecule is Cc1ccsc1/C=C1/SC(=S)N(NC(=O)c2ccccc2)C1=O. The van der Waals surface area contributed by atoms with E-state index >= 15 is 0 Å². The molecular formula is C16H12N2O2S3. The Bertz CT molecular complexity index is 812. The number of rotatable bonds is 3. The average Bonchev–Trinajstić information content (AvgIpc) is 3.07. The number of hydrazine groups is 1. The third kappa shape index (κ3) is 3.36. The fraction of sp³-hybridized carbons (Fsp3) is 0.0625. The first kappa shape index (κ1) is 15.9. The number of carbonyl (C=O) groups excluding carboxylic acids is 2. The van der Waals surface area contributed by atoms with Crippen LogP contribution in [0.3, 0.4) is 0 Å². The van der Waals surface area contributed by atoms with Crippen LogP contribution in [0.25, 0.3) is 6.08 Å². The van der Waals surface area contributed by atoms with E-state index in [1.54, 1.807) is 35.6 Å². The zero-order valence-electron chi connectivity index (χ0n) is 12.1. The molecule has 23 heavy (non-hydrogen) atoms. The Morgan fingerprint density at radius 3 is 2.65 bits per heavy atom.